The molecular weight excluding hydrogens is 405 g/mol. The van der Waals surface area contributed by atoms with Crippen LogP contribution in [0.25, 0.3) is 0 Å². The largest absolute Gasteiger partial charge is 0.493 e. The number of piperidine rings is 1. The van der Waals surface area contributed by atoms with Crippen LogP contribution in [0.1, 0.15) is 44.7 Å². The normalized spacial score (nSPS) is 15.0. The van der Waals surface area contributed by atoms with Gasteiger partial charge in [-0.1, -0.05) is 45.0 Å². The summed E-state index contributed by atoms with van der Waals surface area (Å²) in [5, 5.41) is 3.08. The zero-order valence-corrected chi connectivity index (χ0v) is 19.5. The Kier molecular flexibility index (Phi) is 8.91. The van der Waals surface area contributed by atoms with Crippen molar-refractivity contribution in [2.24, 2.45) is 5.92 Å². The molecule has 1 aliphatic heterocycles. The Morgan fingerprint density at radius 2 is 1.72 bits per heavy atom. The van der Waals surface area contributed by atoms with Crippen LogP contribution in [0.2, 0.25) is 0 Å². The van der Waals surface area contributed by atoms with Gasteiger partial charge in [-0.05, 0) is 60.7 Å². The zero-order chi connectivity index (χ0) is 22.9. The third-order valence-electron chi connectivity index (χ3n) is 5.92. The molecule has 32 heavy (non-hydrogen) atoms. The molecule has 2 amide bonds. The molecule has 1 N–H and O–H groups in total. The van der Waals surface area contributed by atoms with Gasteiger partial charge in [0.15, 0.2) is 0 Å². The fraction of sp³-hybridized carbons (Fsp3) is 0.500. The maximum absolute atomic E-state index is 13.3. The third-order valence-corrected chi connectivity index (χ3v) is 5.92. The third kappa shape index (κ3) is 7.23. The predicted molar refractivity (Wildman–Crippen MR) is 126 cm³/mol. The smallest absolute Gasteiger partial charge is 0.318 e. The van der Waals surface area contributed by atoms with E-state index in [0.29, 0.717) is 25.6 Å². The summed E-state index contributed by atoms with van der Waals surface area (Å²) in [6.45, 7) is 11.0. The molecular formula is C26H36FN3O2. The summed E-state index contributed by atoms with van der Waals surface area (Å²) < 4.78 is 19.1. The molecule has 0 spiro atoms. The van der Waals surface area contributed by atoms with E-state index in [1.54, 1.807) is 12.1 Å². The summed E-state index contributed by atoms with van der Waals surface area (Å²) in [7, 11) is 0. The van der Waals surface area contributed by atoms with Gasteiger partial charge in [-0.2, -0.15) is 0 Å². The van der Waals surface area contributed by atoms with Gasteiger partial charge in [-0.3, -0.25) is 0 Å². The second kappa shape index (κ2) is 11.9. The van der Waals surface area contributed by atoms with Crippen molar-refractivity contribution in [1.29, 1.82) is 0 Å². The van der Waals surface area contributed by atoms with Crippen LogP contribution in [-0.2, 0) is 13.1 Å². The number of halogens is 1. The molecule has 2 aromatic carbocycles. The molecule has 6 heteroatoms. The van der Waals surface area contributed by atoms with E-state index in [4.69, 9.17) is 4.74 Å². The van der Waals surface area contributed by atoms with Crippen LogP contribution in [0.3, 0.4) is 0 Å². The van der Waals surface area contributed by atoms with Gasteiger partial charge in [0.05, 0.1) is 6.61 Å². The number of carbonyl (C=O) groups excluding carboxylic acids is 1. The van der Waals surface area contributed by atoms with Crippen molar-refractivity contribution in [3.63, 3.8) is 0 Å². The number of hydrogen-bond acceptors (Lipinski definition) is 3. The number of ether oxygens (including phenoxy) is 1. The molecule has 0 aromatic heterocycles. The van der Waals surface area contributed by atoms with Gasteiger partial charge < -0.3 is 19.9 Å². The average Bonchev–Trinajstić information content (AvgIpc) is 2.81. The first-order valence-corrected chi connectivity index (χ1v) is 11.7. The number of nitrogens with zero attached hydrogens (tertiary/aromatic N) is 2. The molecule has 0 unspecified atom stereocenters. The quantitative estimate of drug-likeness (QED) is 0.592. The van der Waals surface area contributed by atoms with Crippen molar-refractivity contribution >= 4 is 6.03 Å². The second-order valence-electron chi connectivity index (χ2n) is 8.93. The molecule has 1 heterocycles. The Balaban J connectivity index is 1.61. The number of nitrogens with one attached hydrogen (secondary N) is 1. The van der Waals surface area contributed by atoms with Crippen molar-refractivity contribution in [2.45, 2.75) is 52.7 Å². The van der Waals surface area contributed by atoms with E-state index in [1.165, 1.54) is 12.1 Å². The lowest BCUT2D eigenvalue weighted by Crippen LogP contribution is -2.50. The number of hydrogen-bond donors (Lipinski definition) is 1. The Morgan fingerprint density at radius 1 is 1.09 bits per heavy atom. The summed E-state index contributed by atoms with van der Waals surface area (Å²) in [6, 6.07) is 14.4. The van der Waals surface area contributed by atoms with Crippen molar-refractivity contribution in [1.82, 2.24) is 15.1 Å². The van der Waals surface area contributed by atoms with Crippen LogP contribution in [0, 0.1) is 11.7 Å². The minimum Gasteiger partial charge on any atom is -0.493 e. The molecule has 1 aliphatic rings. The van der Waals surface area contributed by atoms with Gasteiger partial charge in [0.1, 0.15) is 11.6 Å². The van der Waals surface area contributed by atoms with Crippen LogP contribution in [0.5, 0.6) is 5.75 Å². The van der Waals surface area contributed by atoms with Crippen LogP contribution in [-0.4, -0.2) is 48.1 Å². The number of amides is 2. The summed E-state index contributed by atoms with van der Waals surface area (Å²) in [6.07, 6.45) is 1.90. The summed E-state index contributed by atoms with van der Waals surface area (Å²) >= 11 is 0. The fourth-order valence-corrected chi connectivity index (χ4v) is 3.95. The SMILES string of the molecule is CCN1CCC(N(Cc2ccc(F)cc2)C(=O)NCc2ccc(OCC(C)C)cc2)CC1. The first-order chi connectivity index (χ1) is 15.4. The Labute approximate surface area is 191 Å². The van der Waals surface area contributed by atoms with Gasteiger partial charge in [0.25, 0.3) is 0 Å². The number of carbonyl (C=O) groups is 1. The van der Waals surface area contributed by atoms with Gasteiger partial charge in [0, 0.05) is 32.2 Å². The Hall–Kier alpha value is -2.60. The van der Waals surface area contributed by atoms with E-state index in [9.17, 15) is 9.18 Å². The zero-order valence-electron chi connectivity index (χ0n) is 19.5. The molecule has 174 valence electrons. The van der Waals surface area contributed by atoms with E-state index < -0.39 is 0 Å². The van der Waals surface area contributed by atoms with E-state index in [2.05, 4.69) is 31.0 Å². The first-order valence-electron chi connectivity index (χ1n) is 11.7. The van der Waals surface area contributed by atoms with E-state index in [1.807, 2.05) is 29.2 Å². The van der Waals surface area contributed by atoms with Crippen LogP contribution >= 0.6 is 0 Å². The lowest BCUT2D eigenvalue weighted by Gasteiger charge is -2.38. The number of likely N-dealkylation sites (tertiary alicyclic amines) is 1. The first kappa shape index (κ1) is 24.1. The summed E-state index contributed by atoms with van der Waals surface area (Å²) in [5.74, 6) is 1.06. The maximum Gasteiger partial charge on any atom is 0.318 e. The molecule has 0 bridgehead atoms. The van der Waals surface area contributed by atoms with Crippen LogP contribution in [0.4, 0.5) is 9.18 Å². The van der Waals surface area contributed by atoms with Crippen molar-refractivity contribution in [2.75, 3.05) is 26.2 Å². The van der Waals surface area contributed by atoms with Crippen LogP contribution in [0.15, 0.2) is 48.5 Å². The highest BCUT2D eigenvalue weighted by molar-refractivity contribution is 5.74. The van der Waals surface area contributed by atoms with Gasteiger partial charge in [-0.15, -0.1) is 0 Å². The number of urea groups is 1. The highest BCUT2D eigenvalue weighted by Gasteiger charge is 2.27. The minimum atomic E-state index is -0.262. The molecule has 1 fully saturated rings. The fourth-order valence-electron chi connectivity index (χ4n) is 3.95. The monoisotopic (exact) mass is 441 g/mol. The Bertz CT molecular complexity index is 831. The van der Waals surface area contributed by atoms with E-state index in [-0.39, 0.29) is 17.9 Å². The molecule has 0 radical (unpaired) electrons. The van der Waals surface area contributed by atoms with Crippen molar-refractivity contribution < 1.29 is 13.9 Å². The van der Waals surface area contributed by atoms with Gasteiger partial charge in [-0.25, -0.2) is 9.18 Å². The Morgan fingerprint density at radius 3 is 2.31 bits per heavy atom. The maximum atomic E-state index is 13.3. The van der Waals surface area contributed by atoms with Crippen LogP contribution < -0.4 is 10.1 Å². The number of benzene rings is 2. The molecule has 0 atom stereocenters. The summed E-state index contributed by atoms with van der Waals surface area (Å²) in [4.78, 5) is 17.5. The van der Waals surface area contributed by atoms with Gasteiger partial charge in [0.2, 0.25) is 0 Å². The molecule has 0 aliphatic carbocycles. The van der Waals surface area contributed by atoms with Crippen molar-refractivity contribution in [3.8, 4) is 5.75 Å². The molecule has 2 aromatic rings. The molecule has 5 nitrogen and oxygen atoms in total. The predicted octanol–water partition coefficient (Wildman–Crippen LogP) is 5.06. The average molecular weight is 442 g/mol. The highest BCUT2D eigenvalue weighted by Crippen LogP contribution is 2.20. The van der Waals surface area contributed by atoms with Gasteiger partial charge >= 0.3 is 6.03 Å². The minimum absolute atomic E-state index is 0.0793. The summed E-state index contributed by atoms with van der Waals surface area (Å²) in [5.41, 5.74) is 1.96. The molecule has 1 saturated heterocycles. The van der Waals surface area contributed by atoms with Crippen molar-refractivity contribution in [3.05, 3.63) is 65.5 Å². The molecule has 0 saturated carbocycles. The topological polar surface area (TPSA) is 44.8 Å². The highest BCUT2D eigenvalue weighted by atomic mass is 19.1. The molecule has 3 rings (SSSR count). The lowest BCUT2D eigenvalue weighted by molar-refractivity contribution is 0.119. The second-order valence-corrected chi connectivity index (χ2v) is 8.93. The van der Waals surface area contributed by atoms with E-state index >= 15 is 0 Å². The standard InChI is InChI=1S/C26H36FN3O2/c1-4-29-15-13-24(14-16-29)30(18-22-5-9-23(27)10-6-22)26(31)28-17-21-7-11-25(12-8-21)32-19-20(2)3/h5-12,20,24H,4,13-19H2,1-3H3,(H,28,31). The number of rotatable bonds is 9. The lowest BCUT2D eigenvalue weighted by atomic mass is 10.0. The van der Waals surface area contributed by atoms with E-state index in [0.717, 1.165) is 49.4 Å².